The van der Waals surface area contributed by atoms with Crippen molar-refractivity contribution in [3.63, 3.8) is 0 Å². The molecule has 2 aromatic carbocycles. The zero-order valence-corrected chi connectivity index (χ0v) is 16.9. The molecule has 1 saturated heterocycles. The molecule has 1 aliphatic rings. The average Bonchev–Trinajstić information content (AvgIpc) is 2.95. The van der Waals surface area contributed by atoms with Gasteiger partial charge >= 0.3 is 0 Å². The minimum absolute atomic E-state index is 0.0626. The van der Waals surface area contributed by atoms with Crippen molar-refractivity contribution >= 4 is 29.1 Å². The lowest BCUT2D eigenvalue weighted by molar-refractivity contribution is -0.126. The van der Waals surface area contributed by atoms with Crippen molar-refractivity contribution < 1.29 is 4.79 Å². The SMILES string of the molecule is CCCC1SC(=NN=Cc2ccc(C)cc2)N(Cc2ccccc2C)C1=O. The zero-order chi connectivity index (χ0) is 19.2. The van der Waals surface area contributed by atoms with Gasteiger partial charge in [0.1, 0.15) is 0 Å². The fourth-order valence-electron chi connectivity index (χ4n) is 2.93. The van der Waals surface area contributed by atoms with Crippen molar-refractivity contribution in [1.82, 2.24) is 4.90 Å². The van der Waals surface area contributed by atoms with E-state index in [9.17, 15) is 4.79 Å². The minimum atomic E-state index is -0.0626. The molecule has 0 saturated carbocycles. The van der Waals surface area contributed by atoms with E-state index in [2.05, 4.69) is 43.1 Å². The maximum absolute atomic E-state index is 12.9. The van der Waals surface area contributed by atoms with Gasteiger partial charge in [-0.2, -0.15) is 5.10 Å². The van der Waals surface area contributed by atoms with Crippen molar-refractivity contribution in [2.24, 2.45) is 10.2 Å². The topological polar surface area (TPSA) is 45.0 Å². The molecular weight excluding hydrogens is 354 g/mol. The van der Waals surface area contributed by atoms with Crippen LogP contribution in [-0.2, 0) is 11.3 Å². The number of aryl methyl sites for hydroxylation is 2. The number of hydrogen-bond donors (Lipinski definition) is 0. The number of carbonyl (C=O) groups is 1. The molecule has 27 heavy (non-hydrogen) atoms. The van der Waals surface area contributed by atoms with Gasteiger partial charge in [0, 0.05) is 0 Å². The molecule has 1 atom stereocenters. The highest BCUT2D eigenvalue weighted by Gasteiger charge is 2.37. The predicted octanol–water partition coefficient (Wildman–Crippen LogP) is 4.94. The van der Waals surface area contributed by atoms with Crippen LogP contribution in [0.1, 0.15) is 42.0 Å². The van der Waals surface area contributed by atoms with E-state index >= 15 is 0 Å². The second-order valence-electron chi connectivity index (χ2n) is 6.78. The number of nitrogens with zero attached hydrogens (tertiary/aromatic N) is 3. The largest absolute Gasteiger partial charge is 0.284 e. The first kappa shape index (κ1) is 19.4. The normalized spacial score (nSPS) is 18.8. The van der Waals surface area contributed by atoms with Crippen molar-refractivity contribution in [3.05, 3.63) is 70.8 Å². The molecule has 1 aliphatic heterocycles. The van der Waals surface area contributed by atoms with E-state index in [-0.39, 0.29) is 11.2 Å². The summed E-state index contributed by atoms with van der Waals surface area (Å²) in [6.07, 6.45) is 3.56. The third kappa shape index (κ3) is 4.86. The Kier molecular flexibility index (Phi) is 6.45. The smallest absolute Gasteiger partial charge is 0.242 e. The monoisotopic (exact) mass is 379 g/mol. The molecule has 0 spiro atoms. The number of thioether (sulfide) groups is 1. The Hall–Kier alpha value is -2.40. The standard InChI is InChI=1S/C22H25N3OS/c1-4-7-20-21(26)25(15-19-9-6-5-8-17(19)3)22(27-20)24-23-14-18-12-10-16(2)11-13-18/h5-6,8-14,20H,4,7,15H2,1-3H3. The number of carbonyl (C=O) groups excluding carboxylic acids is 1. The zero-order valence-electron chi connectivity index (χ0n) is 16.1. The summed E-state index contributed by atoms with van der Waals surface area (Å²) in [5.41, 5.74) is 4.52. The molecule has 4 nitrogen and oxygen atoms in total. The summed E-state index contributed by atoms with van der Waals surface area (Å²) in [7, 11) is 0. The molecular formula is C22H25N3OS. The van der Waals surface area contributed by atoms with Crippen LogP contribution in [0.3, 0.4) is 0 Å². The maximum atomic E-state index is 12.9. The van der Waals surface area contributed by atoms with Crippen LogP contribution in [0.25, 0.3) is 0 Å². The number of amides is 1. The molecule has 0 radical (unpaired) electrons. The fraction of sp³-hybridized carbons (Fsp3) is 0.318. The summed E-state index contributed by atoms with van der Waals surface area (Å²) in [5, 5.41) is 9.25. The third-order valence-corrected chi connectivity index (χ3v) is 5.82. The van der Waals surface area contributed by atoms with E-state index in [1.165, 1.54) is 22.9 Å². The molecule has 0 aliphatic carbocycles. The van der Waals surface area contributed by atoms with E-state index in [1.54, 1.807) is 11.1 Å². The summed E-state index contributed by atoms with van der Waals surface area (Å²) in [4.78, 5) is 14.6. The fourth-order valence-corrected chi connectivity index (χ4v) is 4.14. The summed E-state index contributed by atoms with van der Waals surface area (Å²) in [6, 6.07) is 16.3. The van der Waals surface area contributed by atoms with Crippen molar-refractivity contribution in [1.29, 1.82) is 0 Å². The summed E-state index contributed by atoms with van der Waals surface area (Å²) < 4.78 is 0. The van der Waals surface area contributed by atoms with Crippen LogP contribution < -0.4 is 0 Å². The first-order valence-electron chi connectivity index (χ1n) is 9.28. The Morgan fingerprint density at radius 3 is 2.56 bits per heavy atom. The van der Waals surface area contributed by atoms with Crippen LogP contribution in [0.2, 0.25) is 0 Å². The maximum Gasteiger partial charge on any atom is 0.242 e. The first-order chi connectivity index (χ1) is 13.1. The molecule has 140 valence electrons. The minimum Gasteiger partial charge on any atom is -0.284 e. The van der Waals surface area contributed by atoms with Crippen LogP contribution in [-0.4, -0.2) is 27.4 Å². The highest BCUT2D eigenvalue weighted by atomic mass is 32.2. The number of amidine groups is 1. The van der Waals surface area contributed by atoms with E-state index in [0.717, 1.165) is 24.0 Å². The lowest BCUT2D eigenvalue weighted by atomic mass is 10.1. The van der Waals surface area contributed by atoms with Gasteiger partial charge < -0.3 is 0 Å². The van der Waals surface area contributed by atoms with Crippen molar-refractivity contribution in [3.8, 4) is 0 Å². The summed E-state index contributed by atoms with van der Waals surface area (Å²) in [6.45, 7) is 6.76. The number of hydrogen-bond acceptors (Lipinski definition) is 4. The molecule has 0 N–H and O–H groups in total. The van der Waals surface area contributed by atoms with Crippen LogP contribution >= 0.6 is 11.8 Å². The quantitative estimate of drug-likeness (QED) is 0.527. The van der Waals surface area contributed by atoms with Gasteiger partial charge in [-0.1, -0.05) is 79.2 Å². The number of rotatable bonds is 6. The van der Waals surface area contributed by atoms with Crippen molar-refractivity contribution in [2.75, 3.05) is 0 Å². The molecule has 5 heteroatoms. The molecule has 3 rings (SSSR count). The third-order valence-electron chi connectivity index (χ3n) is 4.59. The number of benzene rings is 2. The Balaban J connectivity index is 1.82. The van der Waals surface area contributed by atoms with E-state index in [1.807, 2.05) is 36.4 Å². The van der Waals surface area contributed by atoms with Crippen molar-refractivity contribution in [2.45, 2.75) is 45.4 Å². The van der Waals surface area contributed by atoms with Gasteiger partial charge in [-0.05, 0) is 37.0 Å². The molecule has 1 amide bonds. The Morgan fingerprint density at radius 2 is 1.85 bits per heavy atom. The average molecular weight is 380 g/mol. The van der Waals surface area contributed by atoms with Gasteiger partial charge in [-0.15, -0.1) is 5.10 Å². The predicted molar refractivity (Wildman–Crippen MR) is 114 cm³/mol. The summed E-state index contributed by atoms with van der Waals surface area (Å²) >= 11 is 1.53. The van der Waals surface area contributed by atoms with E-state index in [4.69, 9.17) is 0 Å². The van der Waals surface area contributed by atoms with Gasteiger partial charge in [-0.25, -0.2) is 0 Å². The second-order valence-corrected chi connectivity index (χ2v) is 7.95. The molecule has 0 aromatic heterocycles. The molecule has 0 bridgehead atoms. The molecule has 1 fully saturated rings. The molecule has 1 heterocycles. The van der Waals surface area contributed by atoms with Crippen LogP contribution in [0, 0.1) is 13.8 Å². The van der Waals surface area contributed by atoms with Gasteiger partial charge in [0.25, 0.3) is 0 Å². The van der Waals surface area contributed by atoms with Gasteiger partial charge in [0.05, 0.1) is 18.0 Å². The van der Waals surface area contributed by atoms with E-state index < -0.39 is 0 Å². The van der Waals surface area contributed by atoms with Crippen LogP contribution in [0.15, 0.2) is 58.7 Å². The summed E-state index contributed by atoms with van der Waals surface area (Å²) in [5.74, 6) is 0.134. The highest BCUT2D eigenvalue weighted by molar-refractivity contribution is 8.15. The van der Waals surface area contributed by atoms with Crippen LogP contribution in [0.4, 0.5) is 0 Å². The second kappa shape index (κ2) is 9.00. The van der Waals surface area contributed by atoms with Crippen LogP contribution in [0.5, 0.6) is 0 Å². The first-order valence-corrected chi connectivity index (χ1v) is 10.2. The van der Waals surface area contributed by atoms with Gasteiger partial charge in [0.15, 0.2) is 5.17 Å². The Bertz CT molecular complexity index is 858. The van der Waals surface area contributed by atoms with Gasteiger partial charge in [0.2, 0.25) is 5.91 Å². The Morgan fingerprint density at radius 1 is 1.11 bits per heavy atom. The lowest BCUT2D eigenvalue weighted by Crippen LogP contribution is -2.31. The highest BCUT2D eigenvalue weighted by Crippen LogP contribution is 2.32. The lowest BCUT2D eigenvalue weighted by Gasteiger charge is -2.17. The van der Waals surface area contributed by atoms with E-state index in [0.29, 0.717) is 11.7 Å². The van der Waals surface area contributed by atoms with Gasteiger partial charge in [-0.3, -0.25) is 9.69 Å². The Labute approximate surface area is 165 Å². The molecule has 1 unspecified atom stereocenters. The molecule has 2 aromatic rings.